The number of amides is 2. The average molecular weight is 449 g/mol. The van der Waals surface area contributed by atoms with Gasteiger partial charge in [-0.05, 0) is 5.56 Å². The molecular formula is C26H32N4O3. The number of oxazole rings is 1. The highest BCUT2D eigenvalue weighted by molar-refractivity contribution is 5.79. The number of ether oxygens (including phenoxy) is 1. The first-order valence-corrected chi connectivity index (χ1v) is 11.4. The van der Waals surface area contributed by atoms with Crippen molar-refractivity contribution in [3.8, 4) is 22.6 Å². The molecule has 2 aromatic carbocycles. The second kappa shape index (κ2) is 10.2. The van der Waals surface area contributed by atoms with Gasteiger partial charge < -0.3 is 20.2 Å². The van der Waals surface area contributed by atoms with Crippen LogP contribution < -0.4 is 11.1 Å². The van der Waals surface area contributed by atoms with Crippen LogP contribution in [0.25, 0.3) is 22.6 Å². The lowest BCUT2D eigenvalue weighted by Crippen LogP contribution is -2.43. The Morgan fingerprint density at radius 2 is 1.91 bits per heavy atom. The summed E-state index contributed by atoms with van der Waals surface area (Å²) < 4.78 is 11.6. The van der Waals surface area contributed by atoms with Gasteiger partial charge in [-0.3, -0.25) is 4.90 Å². The number of methoxy groups -OCH3 is 1. The molecule has 0 spiro atoms. The normalized spacial score (nSPS) is 18.7. The van der Waals surface area contributed by atoms with Crippen molar-refractivity contribution in [3.63, 3.8) is 0 Å². The van der Waals surface area contributed by atoms with E-state index in [0.717, 1.165) is 41.2 Å². The van der Waals surface area contributed by atoms with Crippen LogP contribution in [0.4, 0.5) is 4.79 Å². The Labute approximate surface area is 194 Å². The summed E-state index contributed by atoms with van der Waals surface area (Å²) in [7, 11) is 1.70. The molecule has 2 amide bonds. The summed E-state index contributed by atoms with van der Waals surface area (Å²) >= 11 is 0. The summed E-state index contributed by atoms with van der Waals surface area (Å²) in [6.07, 6.45) is 0. The van der Waals surface area contributed by atoms with Gasteiger partial charge in [-0.2, -0.15) is 0 Å². The van der Waals surface area contributed by atoms with Gasteiger partial charge in [-0.1, -0.05) is 68.4 Å². The first-order valence-electron chi connectivity index (χ1n) is 11.4. The van der Waals surface area contributed by atoms with E-state index in [2.05, 4.69) is 36.2 Å². The molecule has 7 heteroatoms. The third-order valence-electron chi connectivity index (χ3n) is 6.12. The number of likely N-dealkylation sites (tertiary alicyclic amines) is 1. The lowest BCUT2D eigenvalue weighted by atomic mass is 9.88. The molecule has 1 fully saturated rings. The summed E-state index contributed by atoms with van der Waals surface area (Å²) in [5.41, 5.74) is 9.47. The number of nitrogens with one attached hydrogen (secondary N) is 1. The zero-order valence-electron chi connectivity index (χ0n) is 19.5. The Morgan fingerprint density at radius 1 is 1.18 bits per heavy atom. The third kappa shape index (κ3) is 5.10. The SMILES string of the molecule is COCCN1C[C@@H](NC(N)=O)[C@H](c2ccccc2-c2oc(C(C)C)nc2-c2ccccc2)C1. The van der Waals surface area contributed by atoms with Crippen LogP contribution in [0.3, 0.4) is 0 Å². The molecule has 174 valence electrons. The van der Waals surface area contributed by atoms with Gasteiger partial charge in [0.15, 0.2) is 11.7 Å². The molecule has 3 aromatic rings. The maximum absolute atomic E-state index is 11.8. The summed E-state index contributed by atoms with van der Waals surface area (Å²) in [6, 6.07) is 17.7. The second-order valence-electron chi connectivity index (χ2n) is 8.81. The van der Waals surface area contributed by atoms with E-state index in [1.165, 1.54) is 0 Å². The number of primary amides is 1. The highest BCUT2D eigenvalue weighted by Crippen LogP contribution is 2.40. The van der Waals surface area contributed by atoms with Gasteiger partial charge in [0.05, 0.1) is 12.6 Å². The van der Waals surface area contributed by atoms with Gasteiger partial charge in [0, 0.05) is 49.7 Å². The lowest BCUT2D eigenvalue weighted by Gasteiger charge is -2.21. The standard InChI is InChI=1S/C26H32N4O3/c1-17(2)25-29-23(18-9-5-4-6-10-18)24(33-25)20-12-8-7-11-19(20)21-15-30(13-14-32-3)16-22(21)28-26(27)31/h4-12,17,21-22H,13-16H2,1-3H3,(H3,27,28,31)/t21-,22+/m0/s1. The van der Waals surface area contributed by atoms with Crippen LogP contribution in [-0.2, 0) is 4.74 Å². The molecule has 0 aliphatic carbocycles. The Balaban J connectivity index is 1.78. The van der Waals surface area contributed by atoms with Crippen LogP contribution in [0.2, 0.25) is 0 Å². The van der Waals surface area contributed by atoms with Gasteiger partial charge in [-0.25, -0.2) is 9.78 Å². The first kappa shape index (κ1) is 23.0. The maximum Gasteiger partial charge on any atom is 0.312 e. The van der Waals surface area contributed by atoms with Gasteiger partial charge >= 0.3 is 6.03 Å². The number of hydrogen-bond donors (Lipinski definition) is 2. The van der Waals surface area contributed by atoms with Crippen molar-refractivity contribution in [2.45, 2.75) is 31.7 Å². The monoisotopic (exact) mass is 448 g/mol. The highest BCUT2D eigenvalue weighted by atomic mass is 16.5. The Hall–Kier alpha value is -3.16. The van der Waals surface area contributed by atoms with Crippen LogP contribution in [0.15, 0.2) is 59.0 Å². The van der Waals surface area contributed by atoms with Crippen molar-refractivity contribution in [2.24, 2.45) is 5.73 Å². The number of urea groups is 1. The van der Waals surface area contributed by atoms with Gasteiger partial charge in [0.2, 0.25) is 0 Å². The number of nitrogens with two attached hydrogens (primary N) is 1. The Kier molecular flexibility index (Phi) is 7.11. The predicted octanol–water partition coefficient (Wildman–Crippen LogP) is 4.21. The average Bonchev–Trinajstić information content (AvgIpc) is 3.42. The van der Waals surface area contributed by atoms with Crippen molar-refractivity contribution in [3.05, 3.63) is 66.1 Å². The fourth-order valence-electron chi connectivity index (χ4n) is 4.52. The molecule has 1 aliphatic heterocycles. The van der Waals surface area contributed by atoms with E-state index >= 15 is 0 Å². The van der Waals surface area contributed by atoms with Crippen LogP contribution in [0.5, 0.6) is 0 Å². The molecule has 3 N–H and O–H groups in total. The van der Waals surface area contributed by atoms with Crippen LogP contribution >= 0.6 is 0 Å². The van der Waals surface area contributed by atoms with Crippen molar-refractivity contribution >= 4 is 6.03 Å². The molecule has 0 saturated carbocycles. The molecule has 1 aromatic heterocycles. The molecule has 33 heavy (non-hydrogen) atoms. The molecule has 0 unspecified atom stereocenters. The van der Waals surface area contributed by atoms with Crippen LogP contribution in [-0.4, -0.2) is 55.3 Å². The highest BCUT2D eigenvalue weighted by Gasteiger charge is 2.36. The smallest absolute Gasteiger partial charge is 0.312 e. The molecule has 1 aliphatic rings. The molecule has 0 radical (unpaired) electrons. The number of aromatic nitrogens is 1. The number of carbonyl (C=O) groups is 1. The molecule has 2 atom stereocenters. The topological polar surface area (TPSA) is 93.6 Å². The van der Waals surface area contributed by atoms with Gasteiger partial charge in [0.25, 0.3) is 0 Å². The molecule has 7 nitrogen and oxygen atoms in total. The van der Waals surface area contributed by atoms with E-state index in [0.29, 0.717) is 19.0 Å². The summed E-state index contributed by atoms with van der Waals surface area (Å²) in [4.78, 5) is 18.9. The Bertz CT molecular complexity index is 1080. The zero-order chi connectivity index (χ0) is 23.4. The van der Waals surface area contributed by atoms with Gasteiger partial charge in [-0.15, -0.1) is 0 Å². The molecule has 0 bridgehead atoms. The molecular weight excluding hydrogens is 416 g/mol. The third-order valence-corrected chi connectivity index (χ3v) is 6.12. The van der Waals surface area contributed by atoms with Crippen LogP contribution in [0.1, 0.15) is 37.1 Å². The summed E-state index contributed by atoms with van der Waals surface area (Å²) in [6.45, 7) is 7.08. The number of hydrogen-bond acceptors (Lipinski definition) is 5. The molecule has 1 saturated heterocycles. The van der Waals surface area contributed by atoms with E-state index in [4.69, 9.17) is 19.9 Å². The van der Waals surface area contributed by atoms with E-state index in [-0.39, 0.29) is 17.9 Å². The number of nitrogens with zero attached hydrogens (tertiary/aromatic N) is 2. The van der Waals surface area contributed by atoms with E-state index in [1.54, 1.807) is 7.11 Å². The number of benzene rings is 2. The minimum absolute atomic E-state index is 0.0572. The molecule has 4 rings (SSSR count). The van der Waals surface area contributed by atoms with Crippen molar-refractivity contribution in [1.29, 1.82) is 0 Å². The lowest BCUT2D eigenvalue weighted by molar-refractivity contribution is 0.159. The second-order valence-corrected chi connectivity index (χ2v) is 8.81. The van der Waals surface area contributed by atoms with Crippen LogP contribution in [0, 0.1) is 0 Å². The van der Waals surface area contributed by atoms with Crippen molar-refractivity contribution < 1.29 is 13.9 Å². The first-order chi connectivity index (χ1) is 16.0. The quantitative estimate of drug-likeness (QED) is 0.538. The van der Waals surface area contributed by atoms with E-state index in [9.17, 15) is 4.79 Å². The summed E-state index contributed by atoms with van der Waals surface area (Å²) in [5, 5.41) is 2.96. The summed E-state index contributed by atoms with van der Waals surface area (Å²) in [5.74, 6) is 1.68. The predicted molar refractivity (Wildman–Crippen MR) is 129 cm³/mol. The number of carbonyl (C=O) groups excluding carboxylic acids is 1. The number of rotatable bonds is 8. The van der Waals surface area contributed by atoms with E-state index in [1.807, 2.05) is 42.5 Å². The fourth-order valence-corrected chi connectivity index (χ4v) is 4.52. The maximum atomic E-state index is 11.8. The fraction of sp³-hybridized carbons (Fsp3) is 0.385. The minimum Gasteiger partial charge on any atom is -0.440 e. The molecule has 2 heterocycles. The van der Waals surface area contributed by atoms with E-state index < -0.39 is 6.03 Å². The van der Waals surface area contributed by atoms with Crippen molar-refractivity contribution in [2.75, 3.05) is 33.4 Å². The zero-order valence-corrected chi connectivity index (χ0v) is 19.5. The Morgan fingerprint density at radius 3 is 2.61 bits per heavy atom. The minimum atomic E-state index is -0.511. The van der Waals surface area contributed by atoms with Crippen molar-refractivity contribution in [1.82, 2.24) is 15.2 Å². The van der Waals surface area contributed by atoms with Gasteiger partial charge in [0.1, 0.15) is 5.69 Å². The largest absolute Gasteiger partial charge is 0.440 e.